The molecule has 0 saturated heterocycles. The van der Waals surface area contributed by atoms with Crippen LogP contribution in [0.5, 0.6) is 0 Å². The number of hydrogen-bond acceptors (Lipinski definition) is 3. The molecule has 1 aromatic rings. The SMILES string of the molecule is COC(Cc1ccc(F)cc1F)(OC)OC. The van der Waals surface area contributed by atoms with Crippen molar-refractivity contribution < 1.29 is 23.0 Å². The summed E-state index contributed by atoms with van der Waals surface area (Å²) in [5.41, 5.74) is 0.256. The molecule has 0 amide bonds. The summed E-state index contributed by atoms with van der Waals surface area (Å²) >= 11 is 0. The molecule has 0 aliphatic heterocycles. The number of benzene rings is 1. The largest absolute Gasteiger partial charge is 0.331 e. The first-order chi connectivity index (χ1) is 7.56. The van der Waals surface area contributed by atoms with E-state index in [9.17, 15) is 8.78 Å². The van der Waals surface area contributed by atoms with Crippen molar-refractivity contribution in [2.75, 3.05) is 21.3 Å². The van der Waals surface area contributed by atoms with E-state index in [0.29, 0.717) is 0 Å². The molecule has 90 valence electrons. The van der Waals surface area contributed by atoms with Gasteiger partial charge < -0.3 is 14.2 Å². The van der Waals surface area contributed by atoms with Crippen molar-refractivity contribution >= 4 is 0 Å². The average molecular weight is 232 g/mol. The van der Waals surface area contributed by atoms with Gasteiger partial charge in [-0.25, -0.2) is 8.78 Å². The zero-order chi connectivity index (χ0) is 12.2. The van der Waals surface area contributed by atoms with E-state index in [4.69, 9.17) is 14.2 Å². The summed E-state index contributed by atoms with van der Waals surface area (Å²) in [7, 11) is 4.15. The fourth-order valence-electron chi connectivity index (χ4n) is 1.36. The van der Waals surface area contributed by atoms with Crippen molar-refractivity contribution in [2.24, 2.45) is 0 Å². The minimum Gasteiger partial charge on any atom is -0.331 e. The van der Waals surface area contributed by atoms with Crippen molar-refractivity contribution in [1.29, 1.82) is 0 Å². The minimum atomic E-state index is -1.35. The molecule has 16 heavy (non-hydrogen) atoms. The van der Waals surface area contributed by atoms with Gasteiger partial charge in [0.05, 0.1) is 6.42 Å². The normalized spacial score (nSPS) is 11.8. The van der Waals surface area contributed by atoms with Gasteiger partial charge in [0, 0.05) is 27.4 Å². The second kappa shape index (κ2) is 5.34. The highest BCUT2D eigenvalue weighted by molar-refractivity contribution is 5.19. The van der Waals surface area contributed by atoms with Crippen LogP contribution in [0.1, 0.15) is 5.56 Å². The molecule has 3 nitrogen and oxygen atoms in total. The number of halogens is 2. The van der Waals surface area contributed by atoms with E-state index in [0.717, 1.165) is 6.07 Å². The maximum Gasteiger partial charge on any atom is 0.286 e. The third kappa shape index (κ3) is 2.75. The van der Waals surface area contributed by atoms with Gasteiger partial charge in [0.2, 0.25) is 0 Å². The maximum atomic E-state index is 13.4. The summed E-state index contributed by atoms with van der Waals surface area (Å²) in [6.07, 6.45) is 0.0304. The van der Waals surface area contributed by atoms with E-state index < -0.39 is 17.6 Å². The van der Waals surface area contributed by atoms with Gasteiger partial charge in [-0.3, -0.25) is 0 Å². The van der Waals surface area contributed by atoms with Crippen molar-refractivity contribution in [3.63, 3.8) is 0 Å². The number of ether oxygens (including phenoxy) is 3. The van der Waals surface area contributed by atoms with Crippen LogP contribution < -0.4 is 0 Å². The van der Waals surface area contributed by atoms with Crippen LogP contribution >= 0.6 is 0 Å². The fourth-order valence-corrected chi connectivity index (χ4v) is 1.36. The van der Waals surface area contributed by atoms with Gasteiger partial charge in [0.25, 0.3) is 5.97 Å². The molecule has 1 rings (SSSR count). The Morgan fingerprint density at radius 2 is 1.62 bits per heavy atom. The van der Waals surface area contributed by atoms with Crippen LogP contribution in [0.15, 0.2) is 18.2 Å². The first-order valence-electron chi connectivity index (χ1n) is 4.66. The monoisotopic (exact) mass is 232 g/mol. The lowest BCUT2D eigenvalue weighted by atomic mass is 10.1. The molecule has 0 radical (unpaired) electrons. The molecule has 0 bridgehead atoms. The summed E-state index contributed by atoms with van der Waals surface area (Å²) in [4.78, 5) is 0. The summed E-state index contributed by atoms with van der Waals surface area (Å²) in [6, 6.07) is 3.31. The molecule has 0 saturated carbocycles. The molecule has 0 heterocycles. The van der Waals surface area contributed by atoms with E-state index >= 15 is 0 Å². The predicted molar refractivity (Wildman–Crippen MR) is 53.8 cm³/mol. The quantitative estimate of drug-likeness (QED) is 0.728. The molecule has 0 atom stereocenters. The third-order valence-corrected chi connectivity index (χ3v) is 2.36. The number of rotatable bonds is 5. The van der Waals surface area contributed by atoms with Gasteiger partial charge in [-0.15, -0.1) is 0 Å². The fraction of sp³-hybridized carbons (Fsp3) is 0.455. The van der Waals surface area contributed by atoms with Gasteiger partial charge in [-0.2, -0.15) is 0 Å². The van der Waals surface area contributed by atoms with Crippen LogP contribution in [0.2, 0.25) is 0 Å². The standard InChI is InChI=1S/C11H14F2O3/c1-14-11(15-2,16-3)7-8-4-5-9(12)6-10(8)13/h4-6H,7H2,1-3H3. The average Bonchev–Trinajstić information content (AvgIpc) is 2.29. The Bertz CT molecular complexity index is 343. The van der Waals surface area contributed by atoms with Gasteiger partial charge in [0.1, 0.15) is 11.6 Å². The zero-order valence-corrected chi connectivity index (χ0v) is 9.42. The van der Waals surface area contributed by atoms with E-state index in [2.05, 4.69) is 0 Å². The van der Waals surface area contributed by atoms with Crippen LogP contribution in [-0.2, 0) is 20.6 Å². The number of methoxy groups -OCH3 is 3. The summed E-state index contributed by atoms with van der Waals surface area (Å²) in [5, 5.41) is 0. The molecule has 0 unspecified atom stereocenters. The van der Waals surface area contributed by atoms with E-state index in [1.165, 1.54) is 33.5 Å². The molecule has 5 heteroatoms. The lowest BCUT2D eigenvalue weighted by Gasteiger charge is -2.28. The van der Waals surface area contributed by atoms with Crippen molar-refractivity contribution in [3.05, 3.63) is 35.4 Å². The summed E-state index contributed by atoms with van der Waals surface area (Å²) in [6.45, 7) is 0. The topological polar surface area (TPSA) is 27.7 Å². The van der Waals surface area contributed by atoms with Gasteiger partial charge in [-0.1, -0.05) is 6.07 Å². The second-order valence-electron chi connectivity index (χ2n) is 3.21. The molecule has 0 N–H and O–H groups in total. The molecule has 0 fully saturated rings. The lowest BCUT2D eigenvalue weighted by Crippen LogP contribution is -2.38. The second-order valence-corrected chi connectivity index (χ2v) is 3.21. The Morgan fingerprint density at radius 1 is 1.06 bits per heavy atom. The van der Waals surface area contributed by atoms with Gasteiger partial charge in [0.15, 0.2) is 0 Å². The highest BCUT2D eigenvalue weighted by Crippen LogP contribution is 2.21. The highest BCUT2D eigenvalue weighted by Gasteiger charge is 2.31. The first-order valence-corrected chi connectivity index (χ1v) is 4.66. The van der Waals surface area contributed by atoms with Crippen LogP contribution in [0.25, 0.3) is 0 Å². The lowest BCUT2D eigenvalue weighted by molar-refractivity contribution is -0.351. The van der Waals surface area contributed by atoms with E-state index in [1.54, 1.807) is 0 Å². The third-order valence-electron chi connectivity index (χ3n) is 2.36. The molecule has 0 aliphatic rings. The molecule has 0 aliphatic carbocycles. The maximum absolute atomic E-state index is 13.4. The van der Waals surface area contributed by atoms with Crippen LogP contribution in [-0.4, -0.2) is 27.3 Å². The Balaban J connectivity index is 2.93. The Morgan fingerprint density at radius 3 is 2.06 bits per heavy atom. The van der Waals surface area contributed by atoms with Gasteiger partial charge >= 0.3 is 0 Å². The summed E-state index contributed by atoms with van der Waals surface area (Å²) < 4.78 is 41.1. The number of hydrogen-bond donors (Lipinski definition) is 0. The predicted octanol–water partition coefficient (Wildman–Crippen LogP) is 2.10. The molecular formula is C11H14F2O3. The van der Waals surface area contributed by atoms with Crippen molar-refractivity contribution in [3.8, 4) is 0 Å². The first kappa shape index (κ1) is 13.0. The van der Waals surface area contributed by atoms with Crippen molar-refractivity contribution in [2.45, 2.75) is 12.4 Å². The van der Waals surface area contributed by atoms with Crippen LogP contribution in [0, 0.1) is 11.6 Å². The zero-order valence-electron chi connectivity index (χ0n) is 9.42. The molecule has 0 spiro atoms. The van der Waals surface area contributed by atoms with E-state index in [-0.39, 0.29) is 12.0 Å². The highest BCUT2D eigenvalue weighted by atomic mass is 19.1. The Kier molecular flexibility index (Phi) is 4.35. The Hall–Kier alpha value is -1.04. The van der Waals surface area contributed by atoms with Crippen molar-refractivity contribution in [1.82, 2.24) is 0 Å². The Labute approximate surface area is 92.9 Å². The van der Waals surface area contributed by atoms with Crippen LogP contribution in [0.3, 0.4) is 0 Å². The van der Waals surface area contributed by atoms with Gasteiger partial charge in [-0.05, 0) is 11.6 Å². The minimum absolute atomic E-state index is 0.0304. The summed E-state index contributed by atoms with van der Waals surface area (Å²) in [5.74, 6) is -2.63. The molecule has 1 aromatic carbocycles. The van der Waals surface area contributed by atoms with E-state index in [1.807, 2.05) is 0 Å². The van der Waals surface area contributed by atoms with Crippen LogP contribution in [0.4, 0.5) is 8.78 Å². The smallest absolute Gasteiger partial charge is 0.286 e. The molecular weight excluding hydrogens is 218 g/mol. The molecule has 0 aromatic heterocycles.